The monoisotopic (exact) mass is 352 g/mol. The predicted molar refractivity (Wildman–Crippen MR) is 106 cm³/mol. The van der Waals surface area contributed by atoms with Gasteiger partial charge in [0.15, 0.2) is 0 Å². The Labute approximate surface area is 154 Å². The first-order chi connectivity index (χ1) is 12.5. The minimum Gasteiger partial charge on any atom is -0.496 e. The normalized spacial score (nSPS) is 10.3. The number of benzene rings is 2. The molecule has 0 aliphatic heterocycles. The van der Waals surface area contributed by atoms with E-state index in [0.29, 0.717) is 0 Å². The maximum Gasteiger partial charge on any atom is 0.142 e. The molecule has 0 saturated heterocycles. The first-order valence-corrected chi connectivity index (χ1v) is 8.08. The standard InChI is InChI=1S/2C11H12O2/c1-9-8-10(4-3-7-12)5-6-11(9)13-2;1-9-5-6-10(4-3-7-12)8-11(9)13-2/h2*3-8H,1-2H3/b2*4-3+. The number of ether oxygens (including phenoxy) is 2. The highest BCUT2D eigenvalue weighted by atomic mass is 16.5. The van der Waals surface area contributed by atoms with Gasteiger partial charge in [0.25, 0.3) is 0 Å². The molecule has 0 saturated carbocycles. The van der Waals surface area contributed by atoms with Gasteiger partial charge in [0, 0.05) is 0 Å². The van der Waals surface area contributed by atoms with Crippen molar-refractivity contribution in [1.82, 2.24) is 0 Å². The van der Waals surface area contributed by atoms with Gasteiger partial charge < -0.3 is 9.47 Å². The van der Waals surface area contributed by atoms with Crippen LogP contribution in [-0.2, 0) is 9.59 Å². The van der Waals surface area contributed by atoms with Gasteiger partial charge in [-0.25, -0.2) is 0 Å². The van der Waals surface area contributed by atoms with Crippen LogP contribution in [0.25, 0.3) is 12.2 Å². The van der Waals surface area contributed by atoms with Crippen molar-refractivity contribution >= 4 is 24.7 Å². The van der Waals surface area contributed by atoms with E-state index in [0.717, 1.165) is 46.3 Å². The second-order valence-corrected chi connectivity index (χ2v) is 5.45. The second-order valence-electron chi connectivity index (χ2n) is 5.45. The fourth-order valence-electron chi connectivity index (χ4n) is 2.25. The Balaban J connectivity index is 0.000000260. The molecular formula is C22H24O4. The summed E-state index contributed by atoms with van der Waals surface area (Å²) in [5.41, 5.74) is 4.13. The van der Waals surface area contributed by atoms with E-state index in [9.17, 15) is 9.59 Å². The van der Waals surface area contributed by atoms with Crippen LogP contribution in [-0.4, -0.2) is 26.8 Å². The van der Waals surface area contributed by atoms with Crippen LogP contribution in [0, 0.1) is 13.8 Å². The molecule has 2 aromatic rings. The average Bonchev–Trinajstić information content (AvgIpc) is 2.66. The molecule has 0 atom stereocenters. The van der Waals surface area contributed by atoms with Gasteiger partial charge in [0.1, 0.15) is 24.1 Å². The van der Waals surface area contributed by atoms with E-state index < -0.39 is 0 Å². The van der Waals surface area contributed by atoms with E-state index in [-0.39, 0.29) is 0 Å². The number of rotatable bonds is 6. The number of carbonyl (C=O) groups excluding carboxylic acids is 2. The first kappa shape index (κ1) is 20.9. The maximum absolute atomic E-state index is 10.1. The molecule has 26 heavy (non-hydrogen) atoms. The van der Waals surface area contributed by atoms with Crippen LogP contribution in [0.15, 0.2) is 48.6 Å². The lowest BCUT2D eigenvalue weighted by Gasteiger charge is -2.04. The lowest BCUT2D eigenvalue weighted by Crippen LogP contribution is -1.87. The topological polar surface area (TPSA) is 52.6 Å². The summed E-state index contributed by atoms with van der Waals surface area (Å²) in [6, 6.07) is 11.6. The SMILES string of the molecule is COc1cc(/C=C/C=O)ccc1C.COc1ccc(/C=C/C=O)cc1C. The number of aldehydes is 2. The van der Waals surface area contributed by atoms with Gasteiger partial charge >= 0.3 is 0 Å². The van der Waals surface area contributed by atoms with E-state index in [1.54, 1.807) is 26.4 Å². The molecule has 0 fully saturated rings. The molecule has 0 heterocycles. The summed E-state index contributed by atoms with van der Waals surface area (Å²) >= 11 is 0. The summed E-state index contributed by atoms with van der Waals surface area (Å²) in [5.74, 6) is 1.70. The lowest BCUT2D eigenvalue weighted by molar-refractivity contribution is -0.104. The van der Waals surface area contributed by atoms with Crippen molar-refractivity contribution in [3.63, 3.8) is 0 Å². The summed E-state index contributed by atoms with van der Waals surface area (Å²) in [5, 5.41) is 0. The first-order valence-electron chi connectivity index (χ1n) is 8.08. The van der Waals surface area contributed by atoms with Crippen LogP contribution in [0.5, 0.6) is 11.5 Å². The zero-order chi connectivity index (χ0) is 19.4. The third kappa shape index (κ3) is 6.77. The van der Waals surface area contributed by atoms with Gasteiger partial charge in [-0.2, -0.15) is 0 Å². The van der Waals surface area contributed by atoms with Gasteiger partial charge in [-0.3, -0.25) is 9.59 Å². The molecule has 0 spiro atoms. The molecule has 2 rings (SSSR count). The minimum absolute atomic E-state index is 0.756. The van der Waals surface area contributed by atoms with Crippen molar-refractivity contribution in [2.75, 3.05) is 14.2 Å². The van der Waals surface area contributed by atoms with Crippen LogP contribution in [0.3, 0.4) is 0 Å². The zero-order valence-electron chi connectivity index (χ0n) is 15.6. The van der Waals surface area contributed by atoms with Crippen molar-refractivity contribution in [3.05, 3.63) is 70.8 Å². The van der Waals surface area contributed by atoms with Crippen molar-refractivity contribution in [3.8, 4) is 11.5 Å². The summed E-state index contributed by atoms with van der Waals surface area (Å²) in [7, 11) is 3.28. The van der Waals surface area contributed by atoms with Crippen molar-refractivity contribution in [2.45, 2.75) is 13.8 Å². The van der Waals surface area contributed by atoms with Crippen molar-refractivity contribution in [1.29, 1.82) is 0 Å². The molecule has 0 aromatic heterocycles. The highest BCUT2D eigenvalue weighted by molar-refractivity contribution is 5.74. The average molecular weight is 352 g/mol. The zero-order valence-corrected chi connectivity index (χ0v) is 15.6. The van der Waals surface area contributed by atoms with Crippen LogP contribution in [0.4, 0.5) is 0 Å². The Morgan fingerprint density at radius 2 is 1.23 bits per heavy atom. The van der Waals surface area contributed by atoms with E-state index in [1.807, 2.05) is 50.2 Å². The van der Waals surface area contributed by atoms with Gasteiger partial charge in [0.05, 0.1) is 14.2 Å². The van der Waals surface area contributed by atoms with E-state index in [1.165, 1.54) is 12.2 Å². The number of hydrogen-bond acceptors (Lipinski definition) is 4. The number of allylic oxidation sites excluding steroid dienone is 2. The quantitative estimate of drug-likeness (QED) is 0.570. The maximum atomic E-state index is 10.1. The third-order valence-corrected chi connectivity index (χ3v) is 3.59. The summed E-state index contributed by atoms with van der Waals surface area (Å²) in [6.45, 7) is 3.95. The fourth-order valence-corrected chi connectivity index (χ4v) is 2.25. The molecule has 0 amide bonds. The molecular weight excluding hydrogens is 328 g/mol. The number of aryl methyl sites for hydroxylation is 2. The molecule has 0 N–H and O–H groups in total. The Hall–Kier alpha value is -3.14. The highest BCUT2D eigenvalue weighted by Crippen LogP contribution is 2.20. The van der Waals surface area contributed by atoms with Crippen LogP contribution >= 0.6 is 0 Å². The van der Waals surface area contributed by atoms with Crippen LogP contribution in [0.2, 0.25) is 0 Å². The van der Waals surface area contributed by atoms with Gasteiger partial charge in [-0.05, 0) is 66.5 Å². The fraction of sp³-hybridized carbons (Fsp3) is 0.182. The van der Waals surface area contributed by atoms with E-state index >= 15 is 0 Å². The Morgan fingerprint density at radius 1 is 0.692 bits per heavy atom. The highest BCUT2D eigenvalue weighted by Gasteiger charge is 1.97. The van der Waals surface area contributed by atoms with E-state index in [2.05, 4.69) is 0 Å². The molecule has 2 aromatic carbocycles. The van der Waals surface area contributed by atoms with Gasteiger partial charge in [-0.1, -0.05) is 30.4 Å². The molecule has 4 nitrogen and oxygen atoms in total. The number of methoxy groups -OCH3 is 2. The molecule has 0 aliphatic carbocycles. The molecule has 0 bridgehead atoms. The van der Waals surface area contributed by atoms with Crippen LogP contribution < -0.4 is 9.47 Å². The van der Waals surface area contributed by atoms with E-state index in [4.69, 9.17) is 9.47 Å². The Morgan fingerprint density at radius 3 is 1.73 bits per heavy atom. The lowest BCUT2D eigenvalue weighted by atomic mass is 10.1. The summed E-state index contributed by atoms with van der Waals surface area (Å²) < 4.78 is 10.3. The van der Waals surface area contributed by atoms with Crippen molar-refractivity contribution in [2.24, 2.45) is 0 Å². The van der Waals surface area contributed by atoms with Gasteiger partial charge in [-0.15, -0.1) is 0 Å². The van der Waals surface area contributed by atoms with Gasteiger partial charge in [0.2, 0.25) is 0 Å². The molecule has 136 valence electrons. The molecule has 4 heteroatoms. The Kier molecular flexibility index (Phi) is 9.18. The largest absolute Gasteiger partial charge is 0.496 e. The minimum atomic E-state index is 0.756. The number of hydrogen-bond donors (Lipinski definition) is 0. The Bertz CT molecular complexity index is 789. The van der Waals surface area contributed by atoms with Crippen molar-refractivity contribution < 1.29 is 19.1 Å². The predicted octanol–water partition coefficient (Wildman–Crippen LogP) is 4.43. The smallest absolute Gasteiger partial charge is 0.142 e. The molecule has 0 aliphatic rings. The summed E-state index contributed by atoms with van der Waals surface area (Å²) in [6.07, 6.45) is 7.96. The number of carbonyl (C=O) groups is 2. The second kappa shape index (κ2) is 11.4. The van der Waals surface area contributed by atoms with Crippen LogP contribution in [0.1, 0.15) is 22.3 Å². The molecule has 0 unspecified atom stereocenters. The molecule has 0 radical (unpaired) electrons. The summed E-state index contributed by atoms with van der Waals surface area (Å²) in [4.78, 5) is 20.2. The third-order valence-electron chi connectivity index (χ3n) is 3.59.